The van der Waals surface area contributed by atoms with Crippen molar-refractivity contribution in [2.75, 3.05) is 0 Å². The van der Waals surface area contributed by atoms with Crippen molar-refractivity contribution in [2.45, 2.75) is 11.3 Å². The molecule has 2 aliphatic rings. The van der Waals surface area contributed by atoms with Gasteiger partial charge in [-0.15, -0.1) is 0 Å². The minimum absolute atomic E-state index is 0. The first-order chi connectivity index (χ1) is 7.84. The van der Waals surface area contributed by atoms with Gasteiger partial charge in [0.15, 0.2) is 6.04 Å². The fraction of sp³-hybridized carbons (Fsp3) is 0.154. The van der Waals surface area contributed by atoms with Gasteiger partial charge in [0.1, 0.15) is 0 Å². The van der Waals surface area contributed by atoms with E-state index in [0.717, 1.165) is 10.6 Å². The molecule has 17 heavy (non-hydrogen) atoms. The molecule has 1 aliphatic carbocycles. The summed E-state index contributed by atoms with van der Waals surface area (Å²) in [5.74, 6) is 0.0871. The molecule has 1 N–H and O–H groups in total. The number of rotatable bonds is 1. The van der Waals surface area contributed by atoms with E-state index in [2.05, 4.69) is 23.2 Å². The van der Waals surface area contributed by atoms with E-state index in [0.29, 0.717) is 11.3 Å². The summed E-state index contributed by atoms with van der Waals surface area (Å²) in [5, 5.41) is 13.1. The smallest absolute Gasteiger partial charge is 0.872 e. The predicted molar refractivity (Wildman–Crippen MR) is 64.4 cm³/mol. The average molecular weight is 236 g/mol. The van der Waals surface area contributed by atoms with Crippen LogP contribution in [0.15, 0.2) is 48.6 Å². The van der Waals surface area contributed by atoms with Crippen molar-refractivity contribution in [3.63, 3.8) is 0 Å². The van der Waals surface area contributed by atoms with Crippen LogP contribution in [0.5, 0.6) is 5.75 Å². The van der Waals surface area contributed by atoms with Crippen molar-refractivity contribution in [3.05, 3.63) is 54.1 Å². The molecular formula is C13H11LiNOS+. The Hall–Kier alpha value is -0.883. The maximum Gasteiger partial charge on any atom is 1.00 e. The van der Waals surface area contributed by atoms with Crippen LogP contribution in [-0.4, -0.2) is 16.3 Å². The fourth-order valence-corrected chi connectivity index (χ4v) is 3.19. The van der Waals surface area contributed by atoms with Gasteiger partial charge in [0, 0.05) is 5.56 Å². The number of allylic oxidation sites excluding steroid dienone is 2. The van der Waals surface area contributed by atoms with Crippen molar-refractivity contribution in [2.24, 2.45) is 0 Å². The summed E-state index contributed by atoms with van der Waals surface area (Å²) in [4.78, 5) is 3.39. The maximum atomic E-state index is 11.7. The van der Waals surface area contributed by atoms with Gasteiger partial charge < -0.3 is 5.11 Å². The van der Waals surface area contributed by atoms with Gasteiger partial charge in [0.25, 0.3) is 0 Å². The molecule has 0 spiro atoms. The third kappa shape index (κ3) is 2.37. The maximum absolute atomic E-state index is 11.7. The standard InChI is InChI=1S/C13H11NOS.Li/c15-11-7-3-1-5-9(11)13-14-10-6-2-4-8-12(10)16-13;/h1-8,10,12,15H;/q;+1. The van der Waals surface area contributed by atoms with Crippen LogP contribution in [0.1, 0.15) is 5.56 Å². The first-order valence-corrected chi connectivity index (χ1v) is 6.14. The number of hydrogen-bond donors (Lipinski definition) is 1. The monoisotopic (exact) mass is 236 g/mol. The number of nitrogens with one attached hydrogen (secondary N) is 1. The molecule has 0 saturated heterocycles. The molecule has 0 fully saturated rings. The number of hydrogen-bond acceptors (Lipinski definition) is 2. The zero-order valence-corrected chi connectivity index (χ0v) is 10.4. The third-order valence-electron chi connectivity index (χ3n) is 2.77. The first-order valence-electron chi connectivity index (χ1n) is 5.26. The Kier molecular flexibility index (Phi) is 3.83. The Bertz CT molecular complexity index is 510. The second-order valence-corrected chi connectivity index (χ2v) is 5.04. The van der Waals surface area contributed by atoms with Crippen molar-refractivity contribution >= 4 is 16.8 Å². The largest absolute Gasteiger partial charge is 1.00 e. The van der Waals surface area contributed by atoms with Gasteiger partial charge in [-0.1, -0.05) is 42.2 Å². The molecule has 2 nitrogen and oxygen atoms in total. The molecule has 1 aromatic rings. The molecule has 80 valence electrons. The van der Waals surface area contributed by atoms with Crippen LogP contribution in [0.3, 0.4) is 0 Å². The molecule has 1 heterocycles. The SMILES string of the molecule is [Li+].[O-]c1ccccc1C1=[NH+]C2C=CC=CC2S1. The molecule has 0 aromatic heterocycles. The van der Waals surface area contributed by atoms with Crippen LogP contribution in [0.2, 0.25) is 0 Å². The van der Waals surface area contributed by atoms with Crippen molar-refractivity contribution < 1.29 is 29.0 Å². The fourth-order valence-electron chi connectivity index (χ4n) is 1.95. The Balaban J connectivity index is 0.00000108. The summed E-state index contributed by atoms with van der Waals surface area (Å²) in [7, 11) is 0. The molecule has 0 bridgehead atoms. The molecule has 2 atom stereocenters. The molecular weight excluding hydrogens is 225 g/mol. The zero-order chi connectivity index (χ0) is 11.0. The van der Waals surface area contributed by atoms with E-state index in [1.54, 1.807) is 23.9 Å². The minimum Gasteiger partial charge on any atom is -0.872 e. The third-order valence-corrected chi connectivity index (χ3v) is 4.06. The van der Waals surface area contributed by atoms with E-state index in [4.69, 9.17) is 0 Å². The number of para-hydroxylation sites is 1. The summed E-state index contributed by atoms with van der Waals surface area (Å²) in [5.41, 5.74) is 0.781. The number of benzene rings is 1. The van der Waals surface area contributed by atoms with Gasteiger partial charge in [-0.05, 0) is 23.9 Å². The Morgan fingerprint density at radius 2 is 1.88 bits per heavy atom. The molecule has 0 saturated carbocycles. The Labute approximate surface area is 117 Å². The second-order valence-electron chi connectivity index (χ2n) is 3.85. The topological polar surface area (TPSA) is 37.0 Å². The summed E-state index contributed by atoms with van der Waals surface area (Å²) in [6.45, 7) is 0. The van der Waals surface area contributed by atoms with Crippen LogP contribution >= 0.6 is 11.8 Å². The van der Waals surface area contributed by atoms with E-state index in [1.807, 2.05) is 18.2 Å². The zero-order valence-electron chi connectivity index (χ0n) is 9.59. The van der Waals surface area contributed by atoms with Crippen LogP contribution in [-0.2, 0) is 0 Å². The van der Waals surface area contributed by atoms with E-state index in [9.17, 15) is 5.11 Å². The van der Waals surface area contributed by atoms with Gasteiger partial charge in [-0.2, -0.15) is 0 Å². The van der Waals surface area contributed by atoms with Crippen molar-refractivity contribution in [1.29, 1.82) is 0 Å². The molecule has 1 aliphatic heterocycles. The van der Waals surface area contributed by atoms with Gasteiger partial charge in [-0.25, -0.2) is 4.99 Å². The first kappa shape index (κ1) is 12.6. The van der Waals surface area contributed by atoms with E-state index in [1.165, 1.54) is 0 Å². The van der Waals surface area contributed by atoms with E-state index in [-0.39, 0.29) is 24.6 Å². The van der Waals surface area contributed by atoms with Crippen molar-refractivity contribution in [3.8, 4) is 5.75 Å². The van der Waals surface area contributed by atoms with Crippen molar-refractivity contribution in [1.82, 2.24) is 0 Å². The average Bonchev–Trinajstić information content (AvgIpc) is 2.73. The number of thioether (sulfide) groups is 1. The molecule has 2 unspecified atom stereocenters. The van der Waals surface area contributed by atoms with Crippen LogP contribution in [0.4, 0.5) is 0 Å². The predicted octanol–water partition coefficient (Wildman–Crippen LogP) is -2.80. The summed E-state index contributed by atoms with van der Waals surface area (Å²) in [6.07, 6.45) is 8.41. The normalized spacial score (nSPS) is 25.1. The minimum atomic E-state index is 0. The summed E-state index contributed by atoms with van der Waals surface area (Å²) in [6, 6.07) is 7.49. The van der Waals surface area contributed by atoms with Gasteiger partial charge in [0.05, 0.1) is 5.25 Å². The Morgan fingerprint density at radius 1 is 1.12 bits per heavy atom. The molecule has 4 heteroatoms. The van der Waals surface area contributed by atoms with E-state index >= 15 is 0 Å². The van der Waals surface area contributed by atoms with Gasteiger partial charge in [-0.3, -0.25) is 0 Å². The summed E-state index contributed by atoms with van der Waals surface area (Å²) < 4.78 is 0. The Morgan fingerprint density at radius 3 is 2.65 bits per heavy atom. The quantitative estimate of drug-likeness (QED) is 0.535. The molecule has 1 aromatic carbocycles. The molecule has 0 amide bonds. The molecule has 3 rings (SSSR count). The number of fused-ring (bicyclic) bond motifs is 1. The van der Waals surface area contributed by atoms with Crippen LogP contribution in [0.25, 0.3) is 0 Å². The molecule has 0 radical (unpaired) electrons. The second kappa shape index (κ2) is 5.18. The van der Waals surface area contributed by atoms with Gasteiger partial charge in [0.2, 0.25) is 5.04 Å². The summed E-state index contributed by atoms with van der Waals surface area (Å²) >= 11 is 1.73. The van der Waals surface area contributed by atoms with Crippen LogP contribution in [0, 0.1) is 0 Å². The van der Waals surface area contributed by atoms with Crippen LogP contribution < -0.4 is 29.0 Å². The van der Waals surface area contributed by atoms with E-state index < -0.39 is 0 Å². The van der Waals surface area contributed by atoms with Gasteiger partial charge >= 0.3 is 18.9 Å².